The smallest absolute Gasteiger partial charge is 0.338 e. The minimum atomic E-state index is -1.03. The second kappa shape index (κ2) is 11.1. The molecule has 0 radical (unpaired) electrons. The Bertz CT molecular complexity index is 1880. The van der Waals surface area contributed by atoms with Gasteiger partial charge in [0, 0.05) is 31.4 Å². The number of esters is 1. The summed E-state index contributed by atoms with van der Waals surface area (Å²) in [4.78, 5) is 45.5. The molecule has 0 saturated heterocycles. The van der Waals surface area contributed by atoms with Gasteiger partial charge >= 0.3 is 11.9 Å². The fourth-order valence-electron chi connectivity index (χ4n) is 4.79. The zero-order valence-corrected chi connectivity index (χ0v) is 24.1. The van der Waals surface area contributed by atoms with Crippen molar-refractivity contribution < 1.29 is 23.8 Å². The van der Waals surface area contributed by atoms with Gasteiger partial charge in [0.25, 0.3) is 5.56 Å². The Morgan fingerprint density at radius 3 is 2.51 bits per heavy atom. The molecule has 0 aliphatic carbocycles. The number of carboxylic acids is 1. The van der Waals surface area contributed by atoms with E-state index in [1.807, 2.05) is 50.2 Å². The van der Waals surface area contributed by atoms with Crippen molar-refractivity contribution in [2.45, 2.75) is 26.8 Å². The molecular formula is C31H29N3O6S. The van der Waals surface area contributed by atoms with E-state index in [0.29, 0.717) is 37.7 Å². The zero-order valence-electron chi connectivity index (χ0n) is 23.3. The summed E-state index contributed by atoms with van der Waals surface area (Å²) in [6.07, 6.45) is 1.64. The number of anilines is 1. The molecule has 2 aromatic heterocycles. The third-order valence-electron chi connectivity index (χ3n) is 6.89. The first-order valence-corrected chi connectivity index (χ1v) is 13.8. The Balaban J connectivity index is 1.62. The molecule has 0 spiro atoms. The molecule has 3 heterocycles. The van der Waals surface area contributed by atoms with Crippen LogP contribution < -0.4 is 19.8 Å². The first kappa shape index (κ1) is 27.9. The van der Waals surface area contributed by atoms with E-state index in [2.05, 4.69) is 4.99 Å². The van der Waals surface area contributed by atoms with Gasteiger partial charge in [-0.1, -0.05) is 29.5 Å². The molecule has 0 amide bonds. The van der Waals surface area contributed by atoms with Crippen LogP contribution in [0.15, 0.2) is 80.1 Å². The van der Waals surface area contributed by atoms with Crippen LogP contribution in [0.25, 0.3) is 17.4 Å². The van der Waals surface area contributed by atoms with Crippen LogP contribution in [0, 0.1) is 6.92 Å². The number of ether oxygens (including phenoxy) is 1. The fourth-order valence-corrected chi connectivity index (χ4v) is 5.81. The van der Waals surface area contributed by atoms with Crippen LogP contribution in [0.5, 0.6) is 0 Å². The maximum Gasteiger partial charge on any atom is 0.338 e. The van der Waals surface area contributed by atoms with Crippen LogP contribution in [0.1, 0.15) is 47.1 Å². The van der Waals surface area contributed by atoms with Crippen molar-refractivity contribution in [1.82, 2.24) is 4.57 Å². The molecule has 41 heavy (non-hydrogen) atoms. The van der Waals surface area contributed by atoms with Crippen molar-refractivity contribution in [3.63, 3.8) is 0 Å². The second-order valence-electron chi connectivity index (χ2n) is 9.83. The van der Waals surface area contributed by atoms with Crippen molar-refractivity contribution in [2.75, 3.05) is 25.6 Å². The Kier molecular flexibility index (Phi) is 7.51. The highest BCUT2D eigenvalue weighted by Crippen LogP contribution is 2.32. The molecule has 0 fully saturated rings. The molecule has 1 atom stereocenters. The highest BCUT2D eigenvalue weighted by molar-refractivity contribution is 7.07. The normalized spacial score (nSPS) is 15.0. The number of aromatic carboxylic acids is 1. The van der Waals surface area contributed by atoms with Crippen LogP contribution in [-0.4, -0.2) is 42.3 Å². The van der Waals surface area contributed by atoms with Gasteiger partial charge < -0.3 is 19.2 Å². The Labute approximate surface area is 240 Å². The maximum atomic E-state index is 13.9. The highest BCUT2D eigenvalue weighted by atomic mass is 32.1. The lowest BCUT2D eigenvalue weighted by molar-refractivity contribution is -0.139. The van der Waals surface area contributed by atoms with Crippen LogP contribution in [0.2, 0.25) is 0 Å². The predicted octanol–water partition coefficient (Wildman–Crippen LogP) is 4.13. The summed E-state index contributed by atoms with van der Waals surface area (Å²) in [6, 6.07) is 15.3. The van der Waals surface area contributed by atoms with E-state index in [1.54, 1.807) is 50.3 Å². The van der Waals surface area contributed by atoms with Gasteiger partial charge in [0.15, 0.2) is 4.80 Å². The number of fused-ring (bicyclic) bond motifs is 1. The van der Waals surface area contributed by atoms with Crippen molar-refractivity contribution in [1.29, 1.82) is 0 Å². The molecule has 9 nitrogen and oxygen atoms in total. The van der Waals surface area contributed by atoms with E-state index in [9.17, 15) is 19.5 Å². The van der Waals surface area contributed by atoms with E-state index in [4.69, 9.17) is 9.15 Å². The SMILES string of the molecule is CCOC(=O)C1=C(C)N=c2s/c(=C\c3ccc(-c4cc(C(=O)O)ccc4C)o3)c(=O)n2[C@H]1c1ccc(N(C)C)cc1. The quantitative estimate of drug-likeness (QED) is 0.332. The molecule has 10 heteroatoms. The van der Waals surface area contributed by atoms with Crippen molar-refractivity contribution in [2.24, 2.45) is 4.99 Å². The summed E-state index contributed by atoms with van der Waals surface area (Å²) < 4.78 is 13.3. The second-order valence-corrected chi connectivity index (χ2v) is 10.8. The number of hydrogen-bond donors (Lipinski definition) is 1. The van der Waals surface area contributed by atoms with Gasteiger partial charge in [-0.3, -0.25) is 9.36 Å². The number of hydrogen-bond acceptors (Lipinski definition) is 8. The van der Waals surface area contributed by atoms with E-state index in [0.717, 1.165) is 16.8 Å². The number of carboxylic acid groups (broad SMARTS) is 1. The molecule has 0 saturated carbocycles. The number of carbonyl (C=O) groups is 2. The monoisotopic (exact) mass is 571 g/mol. The molecule has 4 aromatic rings. The largest absolute Gasteiger partial charge is 0.478 e. The number of carbonyl (C=O) groups excluding carboxylic acids is 1. The maximum absolute atomic E-state index is 13.9. The van der Waals surface area contributed by atoms with E-state index in [1.165, 1.54) is 15.9 Å². The number of aryl methyl sites for hydroxylation is 1. The Morgan fingerprint density at radius 2 is 1.85 bits per heavy atom. The number of nitrogens with zero attached hydrogens (tertiary/aromatic N) is 3. The topological polar surface area (TPSA) is 114 Å². The van der Waals surface area contributed by atoms with Gasteiger partial charge in [-0.15, -0.1) is 0 Å². The van der Waals surface area contributed by atoms with E-state index in [-0.39, 0.29) is 17.7 Å². The first-order valence-electron chi connectivity index (χ1n) is 13.0. The third-order valence-corrected chi connectivity index (χ3v) is 7.88. The van der Waals surface area contributed by atoms with Gasteiger partial charge in [0.05, 0.1) is 34.0 Å². The molecule has 1 aliphatic rings. The fraction of sp³-hybridized carbons (Fsp3) is 0.226. The lowest BCUT2D eigenvalue weighted by Crippen LogP contribution is -2.39. The number of allylic oxidation sites excluding steroid dienone is 1. The molecular weight excluding hydrogens is 542 g/mol. The standard InChI is InChI=1S/C31H29N3O6S/c1-6-39-30(38)26-18(3)32-31-34(27(26)19-9-11-21(12-10-19)33(4)5)28(35)25(41-31)16-22-13-14-24(40-22)23-15-20(29(36)37)8-7-17(23)2/h7-16,27H,6H2,1-5H3,(H,36,37)/b25-16-/t27-/m0/s1. The van der Waals surface area contributed by atoms with Crippen LogP contribution in [0.4, 0.5) is 5.69 Å². The summed E-state index contributed by atoms with van der Waals surface area (Å²) in [5.74, 6) is -0.621. The third kappa shape index (κ3) is 5.26. The average Bonchev–Trinajstić information content (AvgIpc) is 3.52. The molecule has 0 unspecified atom stereocenters. The minimum Gasteiger partial charge on any atom is -0.478 e. The number of thiazole rings is 1. The molecule has 5 rings (SSSR count). The molecule has 0 bridgehead atoms. The van der Waals surface area contributed by atoms with Crippen molar-refractivity contribution in [3.8, 4) is 11.3 Å². The predicted molar refractivity (Wildman–Crippen MR) is 157 cm³/mol. The van der Waals surface area contributed by atoms with Gasteiger partial charge in [-0.25, -0.2) is 14.6 Å². The Morgan fingerprint density at radius 1 is 1.12 bits per heavy atom. The number of aromatic nitrogens is 1. The molecule has 1 N–H and O–H groups in total. The average molecular weight is 572 g/mol. The zero-order chi connectivity index (χ0) is 29.4. The molecule has 1 aliphatic heterocycles. The summed E-state index contributed by atoms with van der Waals surface area (Å²) in [5, 5.41) is 9.38. The van der Waals surface area contributed by atoms with Gasteiger partial charge in [0.1, 0.15) is 11.5 Å². The van der Waals surface area contributed by atoms with Gasteiger partial charge in [-0.05, 0) is 68.3 Å². The number of benzene rings is 2. The summed E-state index contributed by atoms with van der Waals surface area (Å²) in [7, 11) is 3.88. The van der Waals surface area contributed by atoms with Crippen LogP contribution in [-0.2, 0) is 9.53 Å². The first-order chi connectivity index (χ1) is 19.6. The van der Waals surface area contributed by atoms with Crippen molar-refractivity contribution in [3.05, 3.63) is 108 Å². The number of furan rings is 1. The summed E-state index contributed by atoms with van der Waals surface area (Å²) in [6.45, 7) is 5.55. The van der Waals surface area contributed by atoms with Gasteiger partial charge in [-0.2, -0.15) is 0 Å². The lowest BCUT2D eigenvalue weighted by Gasteiger charge is -2.25. The molecule has 210 valence electrons. The van der Waals surface area contributed by atoms with Crippen molar-refractivity contribution >= 4 is 35.0 Å². The van der Waals surface area contributed by atoms with Gasteiger partial charge in [0.2, 0.25) is 0 Å². The van der Waals surface area contributed by atoms with Crippen LogP contribution in [0.3, 0.4) is 0 Å². The minimum absolute atomic E-state index is 0.156. The lowest BCUT2D eigenvalue weighted by atomic mass is 9.95. The summed E-state index contributed by atoms with van der Waals surface area (Å²) in [5.41, 5.74) is 3.91. The number of rotatable bonds is 7. The molecule has 2 aromatic carbocycles. The van der Waals surface area contributed by atoms with Crippen LogP contribution >= 0.6 is 11.3 Å². The highest BCUT2D eigenvalue weighted by Gasteiger charge is 2.33. The van der Waals surface area contributed by atoms with E-state index >= 15 is 0 Å². The van der Waals surface area contributed by atoms with E-state index < -0.39 is 18.0 Å². The Hall–Kier alpha value is -4.70. The summed E-state index contributed by atoms with van der Waals surface area (Å²) >= 11 is 1.20.